The van der Waals surface area contributed by atoms with Crippen LogP contribution >= 0.6 is 0 Å². The van der Waals surface area contributed by atoms with Gasteiger partial charge in [-0.2, -0.15) is 0 Å². The van der Waals surface area contributed by atoms with Crippen molar-refractivity contribution in [3.63, 3.8) is 0 Å². The van der Waals surface area contributed by atoms with Crippen molar-refractivity contribution in [1.82, 2.24) is 5.32 Å². The van der Waals surface area contributed by atoms with Gasteiger partial charge in [-0.25, -0.2) is 0 Å². The molecule has 0 saturated carbocycles. The number of amides is 1. The molecule has 0 spiro atoms. The summed E-state index contributed by atoms with van der Waals surface area (Å²) in [5.74, 6) is -8.54. The third kappa shape index (κ3) is 21.0. The Labute approximate surface area is 461 Å². The molecule has 4 aliphatic heterocycles. The molecule has 23 heteroatoms. The molecule has 4 rings (SSSR count). The third-order valence-electron chi connectivity index (χ3n) is 14.8. The lowest BCUT2D eigenvalue weighted by atomic mass is 9.82. The molecular formula is C56H87NO22. The Morgan fingerprint density at radius 1 is 0.633 bits per heavy atom. The summed E-state index contributed by atoms with van der Waals surface area (Å²) in [5.41, 5.74) is 0. The van der Waals surface area contributed by atoms with Crippen LogP contribution in [0, 0.1) is 23.7 Å². The van der Waals surface area contributed by atoms with Crippen LogP contribution < -0.4 is 5.32 Å². The maximum absolute atomic E-state index is 12.7. The smallest absolute Gasteiger partial charge is 0.311 e. The molecule has 0 radical (unpaired) electrons. The number of ether oxygens (including phenoxy) is 6. The standard InChI is InChI=1S/C56H87NO22/c1-30-19-17-15-13-11-9-7-8-10-12-14-16-18-20-39(76-55-49(68)32(3)52(34(5)75-55)78-54-47(57-35(6)59)51(70)50(69)44(29-58)77-54)26-43-46(53(71)72)42(65)28-56(73,79-43)27-41(64)40(63)22-21-36(60)23-37(61)24-38(62)25-45(66)74-33(4)31(2)48(30)67/h7-20,30-34,36-44,46-52,54-55,58,60-65,67-70,73H,21-29H2,1-6H3,(H,57,59)(H,71,72)/b8-7+,11-9+,12-10+,15-13+,16-14+,19-17+,20-18+. The van der Waals surface area contributed by atoms with Crippen LogP contribution in [-0.2, 0) is 42.8 Å². The van der Waals surface area contributed by atoms with Crippen LogP contribution in [0.3, 0.4) is 0 Å². The van der Waals surface area contributed by atoms with Gasteiger partial charge >= 0.3 is 11.9 Å². The van der Waals surface area contributed by atoms with Crippen molar-refractivity contribution in [2.24, 2.45) is 23.7 Å². The number of carbonyl (C=O) groups excluding carboxylic acids is 2. The molecule has 23 nitrogen and oxygen atoms in total. The minimum Gasteiger partial charge on any atom is -0.481 e. The molecule has 2 bridgehead atoms. The van der Waals surface area contributed by atoms with Crippen molar-refractivity contribution in [2.45, 2.75) is 215 Å². The van der Waals surface area contributed by atoms with E-state index in [1.807, 2.05) is 13.0 Å². The largest absolute Gasteiger partial charge is 0.481 e. The van der Waals surface area contributed by atoms with Gasteiger partial charge in [-0.3, -0.25) is 14.4 Å². The second kappa shape index (κ2) is 32.5. The van der Waals surface area contributed by atoms with Crippen molar-refractivity contribution < 1.29 is 109 Å². The monoisotopic (exact) mass is 1130 g/mol. The van der Waals surface area contributed by atoms with Crippen molar-refractivity contribution in [3.8, 4) is 0 Å². The van der Waals surface area contributed by atoms with Crippen LogP contribution in [0.4, 0.5) is 0 Å². The van der Waals surface area contributed by atoms with Crippen LogP contribution in [-0.4, -0.2) is 213 Å². The van der Waals surface area contributed by atoms with Gasteiger partial charge < -0.3 is 100 Å². The van der Waals surface area contributed by atoms with Crippen LogP contribution in [0.5, 0.6) is 0 Å². The van der Waals surface area contributed by atoms with Gasteiger partial charge in [0.25, 0.3) is 0 Å². The molecule has 3 saturated heterocycles. The Morgan fingerprint density at radius 2 is 1.20 bits per heavy atom. The summed E-state index contributed by atoms with van der Waals surface area (Å²) >= 11 is 0. The number of carboxylic acids is 1. The van der Waals surface area contributed by atoms with Gasteiger partial charge in [0, 0.05) is 43.9 Å². The molecule has 448 valence electrons. The first-order chi connectivity index (χ1) is 37.2. The molecule has 24 atom stereocenters. The van der Waals surface area contributed by atoms with Crippen LogP contribution in [0.1, 0.15) is 92.9 Å². The van der Waals surface area contributed by atoms with Crippen molar-refractivity contribution in [2.75, 3.05) is 6.61 Å². The summed E-state index contributed by atoms with van der Waals surface area (Å²) in [4.78, 5) is 37.5. The van der Waals surface area contributed by atoms with E-state index >= 15 is 0 Å². The second-order valence-electron chi connectivity index (χ2n) is 21.4. The highest BCUT2D eigenvalue weighted by molar-refractivity contribution is 5.73. The number of aliphatic hydroxyl groups excluding tert-OH is 11. The maximum Gasteiger partial charge on any atom is 0.311 e. The number of carbonyl (C=O) groups is 3. The molecular weight excluding hydrogens is 1040 g/mol. The fourth-order valence-electron chi connectivity index (χ4n) is 10.1. The Balaban J connectivity index is 1.59. The first-order valence-electron chi connectivity index (χ1n) is 27.1. The van der Waals surface area contributed by atoms with Crippen molar-refractivity contribution in [1.29, 1.82) is 0 Å². The Morgan fingerprint density at radius 3 is 1.78 bits per heavy atom. The first kappa shape index (κ1) is 67.4. The fourth-order valence-corrected chi connectivity index (χ4v) is 10.1. The van der Waals surface area contributed by atoms with E-state index in [0.717, 1.165) is 0 Å². The molecule has 4 heterocycles. The summed E-state index contributed by atoms with van der Waals surface area (Å²) in [5, 5.41) is 144. The van der Waals surface area contributed by atoms with Gasteiger partial charge in [-0.05, 0) is 39.5 Å². The molecule has 4 aliphatic rings. The molecule has 14 N–H and O–H groups in total. The van der Waals surface area contributed by atoms with E-state index in [0.29, 0.717) is 0 Å². The number of rotatable bonds is 7. The Kier molecular flexibility index (Phi) is 27.8. The number of aliphatic hydroxyl groups is 12. The average molecular weight is 1130 g/mol. The topological polar surface area (TPSA) is 382 Å². The lowest BCUT2D eigenvalue weighted by Gasteiger charge is -2.48. The molecule has 0 aromatic heterocycles. The lowest BCUT2D eigenvalue weighted by Crippen LogP contribution is -2.66. The number of carboxylic acid groups (broad SMARTS) is 1. The number of esters is 1. The van der Waals surface area contributed by atoms with Crippen LogP contribution in [0.2, 0.25) is 0 Å². The van der Waals surface area contributed by atoms with Crippen LogP contribution in [0.15, 0.2) is 85.1 Å². The number of allylic oxidation sites excluding steroid dienone is 12. The van der Waals surface area contributed by atoms with Gasteiger partial charge in [0.05, 0.1) is 80.2 Å². The molecule has 1 amide bonds. The minimum absolute atomic E-state index is 0.174. The zero-order valence-corrected chi connectivity index (χ0v) is 45.7. The van der Waals surface area contributed by atoms with E-state index in [4.69, 9.17) is 28.4 Å². The maximum atomic E-state index is 12.7. The average Bonchev–Trinajstić information content (AvgIpc) is 3.36. The van der Waals surface area contributed by atoms with E-state index in [9.17, 15) is 80.8 Å². The summed E-state index contributed by atoms with van der Waals surface area (Å²) < 4.78 is 35.9. The number of cyclic esters (lactones) is 1. The van der Waals surface area contributed by atoms with E-state index in [1.165, 1.54) is 13.0 Å². The number of hydrogen-bond acceptors (Lipinski definition) is 21. The molecule has 0 aromatic rings. The van der Waals surface area contributed by atoms with Crippen molar-refractivity contribution in [3.05, 3.63) is 85.1 Å². The summed E-state index contributed by atoms with van der Waals surface area (Å²) in [6.07, 6.45) is -3.29. The lowest BCUT2D eigenvalue weighted by molar-refractivity contribution is -0.339. The van der Waals surface area contributed by atoms with Gasteiger partial charge in [0.15, 0.2) is 18.4 Å². The van der Waals surface area contributed by atoms with Gasteiger partial charge in [-0.15, -0.1) is 0 Å². The van der Waals surface area contributed by atoms with Gasteiger partial charge in [-0.1, -0.05) is 106 Å². The summed E-state index contributed by atoms with van der Waals surface area (Å²) in [6, 6.07) is -1.30. The molecule has 79 heavy (non-hydrogen) atoms. The summed E-state index contributed by atoms with van der Waals surface area (Å²) in [6.45, 7) is 8.85. The number of aliphatic carboxylic acids is 1. The summed E-state index contributed by atoms with van der Waals surface area (Å²) in [7, 11) is 0. The number of hydrogen-bond donors (Lipinski definition) is 14. The number of nitrogens with one attached hydrogen (secondary N) is 1. The van der Waals surface area contributed by atoms with E-state index in [-0.39, 0.29) is 31.6 Å². The van der Waals surface area contributed by atoms with Crippen molar-refractivity contribution >= 4 is 17.8 Å². The Hall–Kier alpha value is -4.09. The van der Waals surface area contributed by atoms with Crippen LogP contribution in [0.25, 0.3) is 0 Å². The molecule has 0 aliphatic carbocycles. The highest BCUT2D eigenvalue weighted by atomic mass is 16.7. The van der Waals surface area contributed by atoms with Gasteiger partial charge in [0.2, 0.25) is 5.91 Å². The quantitative estimate of drug-likeness (QED) is 0.149. The second-order valence-corrected chi connectivity index (χ2v) is 21.4. The first-order valence-corrected chi connectivity index (χ1v) is 27.1. The van der Waals surface area contributed by atoms with E-state index in [2.05, 4.69) is 5.32 Å². The molecule has 0 aromatic carbocycles. The zero-order valence-electron chi connectivity index (χ0n) is 45.7. The SMILES string of the molecule is CC(=O)NC1C(OC2C(C)OC(OC3/C=C/C=C/C=C/C=C/C=C/C=C/C=C/C(C)C(O)C(C)C(C)OC(=O)CC(O)CC(O)CC(O)CCC(O)C(O)CC4(O)CC(O)C(C(=O)O)C(C3)O4)C(O)C2C)OC(CO)C(O)C1O. The highest BCUT2D eigenvalue weighted by Gasteiger charge is 2.53. The zero-order chi connectivity index (χ0) is 58.7. The predicted octanol–water partition coefficient (Wildman–Crippen LogP) is -0.0115. The fraction of sp³-hybridized carbons (Fsp3) is 0.696. The third-order valence-corrected chi connectivity index (χ3v) is 14.8. The predicted molar refractivity (Wildman–Crippen MR) is 282 cm³/mol. The molecule has 24 unspecified atom stereocenters. The van der Waals surface area contributed by atoms with E-state index in [1.54, 1.807) is 101 Å². The van der Waals surface area contributed by atoms with Gasteiger partial charge in [0.1, 0.15) is 42.5 Å². The minimum atomic E-state index is -2.43. The highest BCUT2D eigenvalue weighted by Crippen LogP contribution is 2.39. The molecule has 3 fully saturated rings. The normalized spacial score (nSPS) is 45.3. The van der Waals surface area contributed by atoms with E-state index < -0.39 is 190 Å². The Bertz CT molecular complexity index is 2100. The number of fused-ring (bicyclic) bond motifs is 2.